The van der Waals surface area contributed by atoms with Gasteiger partial charge in [0, 0.05) is 29.3 Å². The van der Waals surface area contributed by atoms with E-state index in [1.165, 1.54) is 18.5 Å². The Kier molecular flexibility index (Phi) is 5.23. The Hall–Kier alpha value is -3.15. The predicted molar refractivity (Wildman–Crippen MR) is 101 cm³/mol. The number of benzene rings is 1. The highest BCUT2D eigenvalue weighted by atomic mass is 19.4. The Morgan fingerprint density at radius 3 is 2.30 bits per heavy atom. The number of nitrogens with zero attached hydrogens (tertiary/aromatic N) is 3. The first kappa shape index (κ1) is 21.6. The van der Waals surface area contributed by atoms with Crippen LogP contribution < -0.4 is 10.1 Å². The summed E-state index contributed by atoms with van der Waals surface area (Å²) in [5.74, 6) is -0.378. The molecule has 1 aromatic heterocycles. The molecule has 1 fully saturated rings. The molecule has 1 N–H and O–H groups in total. The molecule has 1 aliphatic rings. The van der Waals surface area contributed by atoms with Crippen molar-refractivity contribution in [2.45, 2.75) is 46.0 Å². The summed E-state index contributed by atoms with van der Waals surface area (Å²) in [6.07, 6.45) is -2.22. The number of rotatable bonds is 4. The molecule has 0 spiro atoms. The summed E-state index contributed by atoms with van der Waals surface area (Å²) in [4.78, 5) is 20.3. The number of carbonyl (C=O) groups is 1. The number of alkyl halides is 3. The largest absolute Gasteiger partial charge is 0.489 e. The van der Waals surface area contributed by atoms with E-state index in [0.29, 0.717) is 0 Å². The third kappa shape index (κ3) is 3.70. The van der Waals surface area contributed by atoms with E-state index in [-0.39, 0.29) is 17.6 Å². The fourth-order valence-electron chi connectivity index (χ4n) is 4.48. The van der Waals surface area contributed by atoms with Gasteiger partial charge < -0.3 is 10.1 Å². The molecule has 6 nitrogen and oxygen atoms in total. The molecule has 0 atom stereocenters. The van der Waals surface area contributed by atoms with Crippen molar-refractivity contribution in [1.29, 1.82) is 5.26 Å². The second-order valence-corrected chi connectivity index (χ2v) is 8.44. The van der Waals surface area contributed by atoms with Crippen molar-refractivity contribution in [1.82, 2.24) is 15.3 Å². The van der Waals surface area contributed by atoms with Crippen LogP contribution in [0.4, 0.5) is 13.2 Å². The lowest BCUT2D eigenvalue weighted by molar-refractivity contribution is -0.164. The maximum atomic E-state index is 13.3. The fraction of sp³-hybridized carbons (Fsp3) is 0.429. The zero-order chi connectivity index (χ0) is 22.3. The van der Waals surface area contributed by atoms with Gasteiger partial charge in [0.15, 0.2) is 0 Å². The minimum atomic E-state index is -4.67. The lowest BCUT2D eigenvalue weighted by Gasteiger charge is -2.63. The van der Waals surface area contributed by atoms with Crippen molar-refractivity contribution in [3.63, 3.8) is 0 Å². The Balaban J connectivity index is 1.82. The topological polar surface area (TPSA) is 87.9 Å². The number of hydrogen-bond acceptors (Lipinski definition) is 5. The van der Waals surface area contributed by atoms with Crippen LogP contribution in [0.3, 0.4) is 0 Å². The van der Waals surface area contributed by atoms with Gasteiger partial charge in [0.1, 0.15) is 11.9 Å². The number of aromatic nitrogens is 2. The maximum Gasteiger partial charge on any atom is 0.417 e. The highest BCUT2D eigenvalue weighted by Gasteiger charge is 2.64. The Morgan fingerprint density at radius 2 is 1.77 bits per heavy atom. The predicted octanol–water partition coefficient (Wildman–Crippen LogP) is 3.98. The van der Waals surface area contributed by atoms with Crippen LogP contribution in [0, 0.1) is 22.2 Å². The van der Waals surface area contributed by atoms with E-state index in [1.54, 1.807) is 12.1 Å². The molecule has 0 saturated heterocycles. The van der Waals surface area contributed by atoms with Crippen LogP contribution in [0.1, 0.15) is 49.4 Å². The maximum absolute atomic E-state index is 13.3. The van der Waals surface area contributed by atoms with Gasteiger partial charge in [0.25, 0.3) is 5.91 Å². The van der Waals surface area contributed by atoms with Crippen molar-refractivity contribution in [2.75, 3.05) is 0 Å². The molecule has 0 aliphatic heterocycles. The molecule has 0 radical (unpaired) electrons. The molecular weight excluding hydrogens is 397 g/mol. The summed E-state index contributed by atoms with van der Waals surface area (Å²) in [5.41, 5.74) is -2.67. The molecule has 1 aromatic carbocycles. The number of hydrogen-bond donors (Lipinski definition) is 1. The van der Waals surface area contributed by atoms with Gasteiger partial charge in [0.05, 0.1) is 17.2 Å². The van der Waals surface area contributed by atoms with Gasteiger partial charge in [-0.25, -0.2) is 9.97 Å². The number of halogens is 3. The molecule has 1 aliphatic carbocycles. The fourth-order valence-corrected chi connectivity index (χ4v) is 4.48. The smallest absolute Gasteiger partial charge is 0.417 e. The Morgan fingerprint density at radius 1 is 1.17 bits per heavy atom. The van der Waals surface area contributed by atoms with Gasteiger partial charge in [0.2, 0.25) is 5.82 Å². The highest BCUT2D eigenvalue weighted by Crippen LogP contribution is 2.55. The molecule has 1 amide bonds. The van der Waals surface area contributed by atoms with Crippen molar-refractivity contribution >= 4 is 5.91 Å². The first-order valence-corrected chi connectivity index (χ1v) is 9.25. The molecule has 30 heavy (non-hydrogen) atoms. The minimum Gasteiger partial charge on any atom is -0.489 e. The summed E-state index contributed by atoms with van der Waals surface area (Å²) in [6, 6.07) is 6.12. The van der Waals surface area contributed by atoms with Gasteiger partial charge >= 0.3 is 6.18 Å². The number of carbonyl (C=O) groups excluding carboxylic acids is 1. The van der Waals surface area contributed by atoms with E-state index in [4.69, 9.17) is 10.00 Å². The molecule has 158 valence electrons. The lowest BCUT2D eigenvalue weighted by atomic mass is 9.49. The van der Waals surface area contributed by atoms with Gasteiger partial charge in [-0.2, -0.15) is 18.4 Å². The molecule has 0 unspecified atom stereocenters. The zero-order valence-corrected chi connectivity index (χ0v) is 16.9. The SMILES string of the molecule is CC1(C)[C@H](NC(=O)c2ncccn2)C(C)(C)[C@H]1Oc1ccc(C#N)c(C(F)(F)F)c1. The quantitative estimate of drug-likeness (QED) is 0.812. The van der Waals surface area contributed by atoms with Crippen LogP contribution in [-0.2, 0) is 6.18 Å². The molecule has 3 rings (SSSR count). The van der Waals surface area contributed by atoms with Crippen LogP contribution in [-0.4, -0.2) is 28.0 Å². The van der Waals surface area contributed by atoms with Crippen molar-refractivity contribution in [3.8, 4) is 11.8 Å². The summed E-state index contributed by atoms with van der Waals surface area (Å²) >= 11 is 0. The standard InChI is InChI=1S/C21H21F3N4O2/c1-19(2)17(28-16(29)15-26-8-5-9-27-15)20(3,4)18(19)30-13-7-6-12(11-25)14(10-13)21(22,23)24/h5-10,17-18H,1-4H3,(H,28,29)/t17-,18-. The highest BCUT2D eigenvalue weighted by molar-refractivity contribution is 5.90. The number of nitrogens with one attached hydrogen (secondary N) is 1. The van der Waals surface area contributed by atoms with E-state index in [1.807, 2.05) is 27.7 Å². The first-order chi connectivity index (χ1) is 13.9. The van der Waals surface area contributed by atoms with Crippen LogP contribution in [0.2, 0.25) is 0 Å². The lowest BCUT2D eigenvalue weighted by Crippen LogP contribution is -2.74. The summed E-state index contributed by atoms with van der Waals surface area (Å²) in [5, 5.41) is 11.9. The molecular formula is C21H21F3N4O2. The van der Waals surface area contributed by atoms with Crippen LogP contribution in [0.25, 0.3) is 0 Å². The van der Waals surface area contributed by atoms with E-state index in [0.717, 1.165) is 12.1 Å². The molecule has 9 heteroatoms. The molecule has 1 heterocycles. The van der Waals surface area contributed by atoms with Crippen molar-refractivity contribution in [2.24, 2.45) is 10.8 Å². The second-order valence-electron chi connectivity index (χ2n) is 8.44. The summed E-state index contributed by atoms with van der Waals surface area (Å²) in [6.45, 7) is 7.48. The third-order valence-electron chi connectivity index (χ3n) is 5.55. The first-order valence-electron chi connectivity index (χ1n) is 9.25. The number of nitriles is 1. The summed E-state index contributed by atoms with van der Waals surface area (Å²) < 4.78 is 45.7. The van der Waals surface area contributed by atoms with E-state index in [9.17, 15) is 18.0 Å². The Bertz CT molecular complexity index is 982. The molecule has 1 saturated carbocycles. The van der Waals surface area contributed by atoms with Crippen molar-refractivity contribution < 1.29 is 22.7 Å². The van der Waals surface area contributed by atoms with Gasteiger partial charge in [-0.3, -0.25) is 4.79 Å². The minimum absolute atomic E-state index is 0.0173. The van der Waals surface area contributed by atoms with Gasteiger partial charge in [-0.15, -0.1) is 0 Å². The van der Waals surface area contributed by atoms with E-state index < -0.39 is 40.1 Å². The van der Waals surface area contributed by atoms with Gasteiger partial charge in [-0.1, -0.05) is 27.7 Å². The zero-order valence-electron chi connectivity index (χ0n) is 16.9. The third-order valence-corrected chi connectivity index (χ3v) is 5.55. The van der Waals surface area contributed by atoms with E-state index >= 15 is 0 Å². The van der Waals surface area contributed by atoms with Gasteiger partial charge in [-0.05, 0) is 24.3 Å². The second kappa shape index (κ2) is 7.27. The van der Waals surface area contributed by atoms with Crippen LogP contribution in [0.15, 0.2) is 36.7 Å². The monoisotopic (exact) mass is 418 g/mol. The van der Waals surface area contributed by atoms with Crippen molar-refractivity contribution in [3.05, 3.63) is 53.6 Å². The molecule has 0 bridgehead atoms. The number of amides is 1. The normalized spacial score (nSPS) is 21.8. The average molecular weight is 418 g/mol. The molecule has 2 aromatic rings. The van der Waals surface area contributed by atoms with E-state index in [2.05, 4.69) is 15.3 Å². The number of ether oxygens (including phenoxy) is 1. The summed E-state index contributed by atoms with van der Waals surface area (Å²) in [7, 11) is 0. The van der Waals surface area contributed by atoms with Crippen LogP contribution in [0.5, 0.6) is 5.75 Å². The Labute approximate surface area is 172 Å². The average Bonchev–Trinajstić information content (AvgIpc) is 2.69. The van der Waals surface area contributed by atoms with Crippen LogP contribution >= 0.6 is 0 Å².